The van der Waals surface area contributed by atoms with E-state index in [4.69, 9.17) is 0 Å². The summed E-state index contributed by atoms with van der Waals surface area (Å²) in [6.45, 7) is 0.982. The van der Waals surface area contributed by atoms with E-state index in [2.05, 4.69) is 20.6 Å². The number of H-pyrrole nitrogens is 2. The molecule has 33 heavy (non-hydrogen) atoms. The van der Waals surface area contributed by atoms with Crippen molar-refractivity contribution in [3.63, 3.8) is 0 Å². The molecule has 0 unspecified atom stereocenters. The molecule has 0 aliphatic heterocycles. The van der Waals surface area contributed by atoms with Crippen molar-refractivity contribution in [2.24, 2.45) is 0 Å². The van der Waals surface area contributed by atoms with Crippen LogP contribution in [0.4, 0.5) is 0 Å². The Kier molecular flexibility index (Phi) is 6.64. The average molecular weight is 444 g/mol. The van der Waals surface area contributed by atoms with Crippen LogP contribution >= 0.6 is 0 Å². The molecule has 4 rings (SSSR count). The number of benzene rings is 2. The van der Waals surface area contributed by atoms with Gasteiger partial charge in [-0.25, -0.2) is 0 Å². The molecule has 0 saturated heterocycles. The molecule has 2 aromatic carbocycles. The van der Waals surface area contributed by atoms with Crippen LogP contribution in [0.15, 0.2) is 70.3 Å². The molecule has 0 radical (unpaired) electrons. The van der Waals surface area contributed by atoms with Crippen molar-refractivity contribution in [1.29, 1.82) is 0 Å². The number of rotatable bonds is 8. The Balaban J connectivity index is 1.23. The van der Waals surface area contributed by atoms with Crippen LogP contribution in [0.3, 0.4) is 0 Å². The van der Waals surface area contributed by atoms with E-state index in [1.165, 1.54) is 12.1 Å². The smallest absolute Gasteiger partial charge is 0.253 e. The Hall–Kier alpha value is -4.20. The average Bonchev–Trinajstić information content (AvgIpc) is 2.82. The van der Waals surface area contributed by atoms with Gasteiger partial charge in [-0.05, 0) is 54.3 Å². The lowest BCUT2D eigenvalue weighted by atomic mass is 10.1. The summed E-state index contributed by atoms with van der Waals surface area (Å²) in [6, 6.07) is 16.9. The minimum Gasteiger partial charge on any atom is -0.352 e. The number of fused-ring (bicyclic) bond motifs is 2. The predicted octanol–water partition coefficient (Wildman–Crippen LogP) is 2.70. The highest BCUT2D eigenvalue weighted by atomic mass is 16.2. The number of hydrogen-bond acceptors (Lipinski definition) is 4. The van der Waals surface area contributed by atoms with Crippen LogP contribution in [0.2, 0.25) is 0 Å². The quantitative estimate of drug-likeness (QED) is 0.312. The Bertz CT molecular complexity index is 1330. The molecule has 168 valence electrons. The van der Waals surface area contributed by atoms with Gasteiger partial charge in [-0.15, -0.1) is 0 Å². The lowest BCUT2D eigenvalue weighted by Gasteiger charge is -2.09. The number of nitrogens with one attached hydrogen (secondary N) is 4. The predicted molar refractivity (Wildman–Crippen MR) is 128 cm³/mol. The molecule has 0 aliphatic rings. The topological polar surface area (TPSA) is 124 Å². The Morgan fingerprint density at radius 2 is 1.06 bits per heavy atom. The van der Waals surface area contributed by atoms with Crippen LogP contribution < -0.4 is 21.8 Å². The van der Waals surface area contributed by atoms with Gasteiger partial charge in [0.1, 0.15) is 0 Å². The van der Waals surface area contributed by atoms with Crippen molar-refractivity contribution in [3.05, 3.63) is 92.5 Å². The first-order valence-corrected chi connectivity index (χ1v) is 10.8. The van der Waals surface area contributed by atoms with Gasteiger partial charge in [-0.2, -0.15) is 0 Å². The summed E-state index contributed by atoms with van der Waals surface area (Å²) in [4.78, 5) is 53.7. The zero-order valence-corrected chi connectivity index (χ0v) is 17.9. The van der Waals surface area contributed by atoms with Crippen LogP contribution in [-0.2, 0) is 0 Å². The van der Waals surface area contributed by atoms with E-state index in [9.17, 15) is 19.2 Å². The van der Waals surface area contributed by atoms with E-state index >= 15 is 0 Å². The molecule has 0 aliphatic carbocycles. The van der Waals surface area contributed by atoms with Crippen LogP contribution in [0.5, 0.6) is 0 Å². The highest BCUT2D eigenvalue weighted by Crippen LogP contribution is 2.15. The number of aromatic amines is 2. The fourth-order valence-electron chi connectivity index (χ4n) is 3.76. The molecule has 8 heteroatoms. The molecule has 8 nitrogen and oxygen atoms in total. The van der Waals surface area contributed by atoms with Crippen LogP contribution in [0.25, 0.3) is 21.8 Å². The van der Waals surface area contributed by atoms with E-state index in [0.717, 1.165) is 30.0 Å². The molecule has 0 fully saturated rings. The first kappa shape index (κ1) is 22.0. The van der Waals surface area contributed by atoms with Gasteiger partial charge in [-0.3, -0.25) is 19.2 Å². The van der Waals surface area contributed by atoms with Gasteiger partial charge in [0.15, 0.2) is 0 Å². The zero-order chi connectivity index (χ0) is 23.2. The molecular weight excluding hydrogens is 420 g/mol. The van der Waals surface area contributed by atoms with Crippen molar-refractivity contribution in [1.82, 2.24) is 20.6 Å². The zero-order valence-electron chi connectivity index (χ0n) is 17.9. The number of carbonyl (C=O) groups is 2. The van der Waals surface area contributed by atoms with Gasteiger partial charge in [0, 0.05) is 25.2 Å². The third-order valence-corrected chi connectivity index (χ3v) is 5.43. The fourth-order valence-corrected chi connectivity index (χ4v) is 3.76. The summed E-state index contributed by atoms with van der Waals surface area (Å²) in [5.74, 6) is -0.471. The molecule has 2 aromatic heterocycles. The van der Waals surface area contributed by atoms with Crippen molar-refractivity contribution in [2.75, 3.05) is 13.1 Å². The first-order chi connectivity index (χ1) is 16.0. The van der Waals surface area contributed by atoms with Crippen molar-refractivity contribution < 1.29 is 9.59 Å². The van der Waals surface area contributed by atoms with E-state index in [-0.39, 0.29) is 22.9 Å². The highest BCUT2D eigenvalue weighted by molar-refractivity contribution is 6.06. The van der Waals surface area contributed by atoms with Crippen LogP contribution in [0.1, 0.15) is 40.0 Å². The second kappa shape index (κ2) is 9.95. The summed E-state index contributed by atoms with van der Waals surface area (Å²) in [7, 11) is 0. The SMILES string of the molecule is O=C(NCCCCCNC(=O)c1cccc2ccc(=O)[nH]c12)c1cccc2ccc(=O)[nH]c12. The van der Waals surface area contributed by atoms with Gasteiger partial charge in [0.2, 0.25) is 11.1 Å². The maximum atomic E-state index is 12.5. The Labute approximate surface area is 189 Å². The molecule has 0 atom stereocenters. The van der Waals surface area contributed by atoms with Gasteiger partial charge in [0.25, 0.3) is 11.8 Å². The minimum absolute atomic E-state index is 0.235. The summed E-state index contributed by atoms with van der Waals surface area (Å²) in [5, 5.41) is 7.36. The maximum absolute atomic E-state index is 12.5. The largest absolute Gasteiger partial charge is 0.352 e. The van der Waals surface area contributed by atoms with E-state index in [1.807, 2.05) is 12.1 Å². The number of carbonyl (C=O) groups excluding carboxylic acids is 2. The van der Waals surface area contributed by atoms with E-state index in [0.29, 0.717) is 35.2 Å². The molecule has 0 bridgehead atoms. The lowest BCUT2D eigenvalue weighted by Crippen LogP contribution is -2.26. The summed E-state index contributed by atoms with van der Waals surface area (Å²) in [5.41, 5.74) is 1.43. The normalized spacial score (nSPS) is 10.9. The van der Waals surface area contributed by atoms with Gasteiger partial charge < -0.3 is 20.6 Å². The van der Waals surface area contributed by atoms with Crippen molar-refractivity contribution in [3.8, 4) is 0 Å². The molecule has 0 spiro atoms. The molecule has 4 N–H and O–H groups in total. The van der Waals surface area contributed by atoms with E-state index < -0.39 is 0 Å². The van der Waals surface area contributed by atoms with Gasteiger partial charge >= 0.3 is 0 Å². The molecule has 2 heterocycles. The fraction of sp³-hybridized carbons (Fsp3) is 0.200. The summed E-state index contributed by atoms with van der Waals surface area (Å²) >= 11 is 0. The van der Waals surface area contributed by atoms with Crippen LogP contribution in [-0.4, -0.2) is 34.9 Å². The Morgan fingerprint density at radius 3 is 1.52 bits per heavy atom. The minimum atomic E-state index is -0.250. The number of amides is 2. The lowest BCUT2D eigenvalue weighted by molar-refractivity contribution is 0.0949. The number of pyridine rings is 2. The second-order valence-electron chi connectivity index (χ2n) is 7.76. The summed E-state index contributed by atoms with van der Waals surface area (Å²) < 4.78 is 0. The molecular formula is C25H24N4O4. The van der Waals surface area contributed by atoms with E-state index in [1.54, 1.807) is 36.4 Å². The summed E-state index contributed by atoms with van der Waals surface area (Å²) in [6.07, 6.45) is 2.33. The third kappa shape index (κ3) is 5.17. The monoisotopic (exact) mass is 444 g/mol. The number of aromatic nitrogens is 2. The number of para-hydroxylation sites is 2. The third-order valence-electron chi connectivity index (χ3n) is 5.43. The van der Waals surface area contributed by atoms with Crippen LogP contribution in [0, 0.1) is 0 Å². The maximum Gasteiger partial charge on any atom is 0.253 e. The highest BCUT2D eigenvalue weighted by Gasteiger charge is 2.11. The number of unbranched alkanes of at least 4 members (excludes halogenated alkanes) is 2. The molecule has 4 aromatic rings. The number of hydrogen-bond donors (Lipinski definition) is 4. The molecule has 2 amide bonds. The standard InChI is InChI=1S/C25H24N4O4/c30-20-12-10-16-6-4-8-18(22(16)28-20)24(32)26-14-2-1-3-15-27-25(33)19-9-5-7-17-11-13-21(31)29-23(17)19/h4-13H,1-3,14-15H2,(H,26,32)(H,27,33)(H,28,30)(H,29,31). The first-order valence-electron chi connectivity index (χ1n) is 10.8. The van der Waals surface area contributed by atoms with Gasteiger partial charge in [0.05, 0.1) is 22.2 Å². The van der Waals surface area contributed by atoms with Crippen molar-refractivity contribution in [2.45, 2.75) is 19.3 Å². The Morgan fingerprint density at radius 1 is 0.606 bits per heavy atom. The second-order valence-corrected chi connectivity index (χ2v) is 7.76. The van der Waals surface area contributed by atoms with Gasteiger partial charge in [-0.1, -0.05) is 24.3 Å². The van der Waals surface area contributed by atoms with Crippen molar-refractivity contribution >= 4 is 33.6 Å². The molecule has 0 saturated carbocycles.